The number of hydrogen-bond acceptors (Lipinski definition) is 4. The maximum atomic E-state index is 9.90. The number of halogens is 1. The zero-order valence-electron chi connectivity index (χ0n) is 9.71. The fourth-order valence-corrected chi connectivity index (χ4v) is 2.03. The van der Waals surface area contributed by atoms with Gasteiger partial charge in [-0.25, -0.2) is 5.10 Å². The van der Waals surface area contributed by atoms with E-state index in [1.54, 1.807) is 18.2 Å². The Morgan fingerprint density at radius 3 is 2.68 bits per heavy atom. The quantitative estimate of drug-likeness (QED) is 0.752. The summed E-state index contributed by atoms with van der Waals surface area (Å²) in [4.78, 5) is 0. The van der Waals surface area contributed by atoms with Crippen molar-refractivity contribution < 1.29 is 5.11 Å². The highest BCUT2D eigenvalue weighted by atomic mass is 35.5. The Morgan fingerprint density at radius 2 is 1.89 bits per heavy atom. The number of nitrogens with one attached hydrogen (secondary N) is 1. The van der Waals surface area contributed by atoms with Gasteiger partial charge in [-0.1, -0.05) is 29.8 Å². The SMILES string of the molecule is Oc1ccc(Cl)cc1-c1cccc(-c2nnn[nH]2)c1. The number of aromatic nitrogens is 4. The van der Waals surface area contributed by atoms with Crippen LogP contribution in [0.4, 0.5) is 0 Å². The van der Waals surface area contributed by atoms with E-state index in [-0.39, 0.29) is 5.75 Å². The lowest BCUT2D eigenvalue weighted by atomic mass is 10.0. The van der Waals surface area contributed by atoms with E-state index in [0.29, 0.717) is 16.4 Å². The van der Waals surface area contributed by atoms with Gasteiger partial charge in [0, 0.05) is 16.1 Å². The molecule has 0 amide bonds. The van der Waals surface area contributed by atoms with Crippen molar-refractivity contribution in [2.45, 2.75) is 0 Å². The van der Waals surface area contributed by atoms with E-state index in [9.17, 15) is 5.11 Å². The van der Waals surface area contributed by atoms with Gasteiger partial charge in [-0.15, -0.1) is 5.10 Å². The molecule has 0 aliphatic heterocycles. The number of phenols is 1. The van der Waals surface area contributed by atoms with Crippen molar-refractivity contribution in [2.75, 3.05) is 0 Å². The van der Waals surface area contributed by atoms with Crippen LogP contribution in [0.2, 0.25) is 5.02 Å². The van der Waals surface area contributed by atoms with Crippen LogP contribution in [-0.2, 0) is 0 Å². The van der Waals surface area contributed by atoms with Gasteiger partial charge in [-0.2, -0.15) is 0 Å². The molecule has 0 bridgehead atoms. The smallest absolute Gasteiger partial charge is 0.179 e. The lowest BCUT2D eigenvalue weighted by Gasteiger charge is -2.06. The molecule has 0 unspecified atom stereocenters. The fraction of sp³-hybridized carbons (Fsp3) is 0. The minimum absolute atomic E-state index is 0.178. The molecule has 19 heavy (non-hydrogen) atoms. The molecule has 2 N–H and O–H groups in total. The second kappa shape index (κ2) is 4.70. The lowest BCUT2D eigenvalue weighted by molar-refractivity contribution is 0.477. The van der Waals surface area contributed by atoms with Crippen molar-refractivity contribution in [1.29, 1.82) is 0 Å². The highest BCUT2D eigenvalue weighted by molar-refractivity contribution is 6.31. The maximum absolute atomic E-state index is 9.90. The summed E-state index contributed by atoms with van der Waals surface area (Å²) < 4.78 is 0. The molecule has 94 valence electrons. The lowest BCUT2D eigenvalue weighted by Crippen LogP contribution is -1.84. The first kappa shape index (κ1) is 11.7. The van der Waals surface area contributed by atoms with Gasteiger partial charge in [-0.05, 0) is 40.3 Å². The van der Waals surface area contributed by atoms with Gasteiger partial charge in [0.2, 0.25) is 0 Å². The number of hydrogen-bond donors (Lipinski definition) is 2. The van der Waals surface area contributed by atoms with Gasteiger partial charge in [-0.3, -0.25) is 0 Å². The van der Waals surface area contributed by atoms with Crippen LogP contribution in [0.1, 0.15) is 0 Å². The summed E-state index contributed by atoms with van der Waals surface area (Å²) in [6, 6.07) is 12.5. The largest absolute Gasteiger partial charge is 0.507 e. The standard InChI is InChI=1S/C13H9ClN4O/c14-10-4-5-12(19)11(7-10)8-2-1-3-9(6-8)13-15-17-18-16-13/h1-7,19H,(H,15,16,17,18). The molecule has 2 aromatic carbocycles. The van der Waals surface area contributed by atoms with Crippen LogP contribution < -0.4 is 0 Å². The van der Waals surface area contributed by atoms with Crippen LogP contribution in [0.25, 0.3) is 22.5 Å². The number of aromatic amines is 1. The molecule has 0 aliphatic rings. The highest BCUT2D eigenvalue weighted by Crippen LogP contribution is 2.33. The van der Waals surface area contributed by atoms with E-state index in [1.165, 1.54) is 0 Å². The van der Waals surface area contributed by atoms with Crippen LogP contribution in [0.15, 0.2) is 42.5 Å². The second-order valence-electron chi connectivity index (χ2n) is 3.99. The van der Waals surface area contributed by atoms with E-state index in [1.807, 2.05) is 24.3 Å². The first-order valence-corrected chi connectivity index (χ1v) is 5.95. The molecule has 1 heterocycles. The number of phenolic OH excluding ortho intramolecular Hbond substituents is 1. The summed E-state index contributed by atoms with van der Waals surface area (Å²) in [7, 11) is 0. The summed E-state index contributed by atoms with van der Waals surface area (Å²) in [5.41, 5.74) is 2.35. The molecule has 0 atom stereocenters. The van der Waals surface area contributed by atoms with E-state index in [4.69, 9.17) is 11.6 Å². The number of rotatable bonds is 2. The van der Waals surface area contributed by atoms with E-state index in [2.05, 4.69) is 20.6 Å². The predicted molar refractivity (Wildman–Crippen MR) is 71.7 cm³/mol. The summed E-state index contributed by atoms with van der Waals surface area (Å²) in [6.07, 6.45) is 0. The third-order valence-corrected chi connectivity index (χ3v) is 2.99. The van der Waals surface area contributed by atoms with Crippen LogP contribution in [-0.4, -0.2) is 25.7 Å². The van der Waals surface area contributed by atoms with E-state index in [0.717, 1.165) is 11.1 Å². The molecule has 0 saturated heterocycles. The van der Waals surface area contributed by atoms with E-state index >= 15 is 0 Å². The molecule has 5 nitrogen and oxygen atoms in total. The molecule has 0 saturated carbocycles. The minimum Gasteiger partial charge on any atom is -0.507 e. The Bertz CT molecular complexity index is 712. The van der Waals surface area contributed by atoms with Gasteiger partial charge >= 0.3 is 0 Å². The van der Waals surface area contributed by atoms with Crippen molar-refractivity contribution >= 4 is 11.6 Å². The number of H-pyrrole nitrogens is 1. The summed E-state index contributed by atoms with van der Waals surface area (Å²) in [5, 5.41) is 24.1. The zero-order valence-corrected chi connectivity index (χ0v) is 10.5. The third-order valence-electron chi connectivity index (χ3n) is 2.75. The fourth-order valence-electron chi connectivity index (χ4n) is 1.85. The second-order valence-corrected chi connectivity index (χ2v) is 4.43. The number of aromatic hydroxyl groups is 1. The highest BCUT2D eigenvalue weighted by Gasteiger charge is 2.08. The molecule has 1 aromatic heterocycles. The van der Waals surface area contributed by atoms with Crippen molar-refractivity contribution in [3.05, 3.63) is 47.5 Å². The molecular formula is C13H9ClN4O. The molecular weight excluding hydrogens is 264 g/mol. The monoisotopic (exact) mass is 272 g/mol. The third kappa shape index (κ3) is 2.28. The Hall–Kier alpha value is -2.40. The van der Waals surface area contributed by atoms with E-state index < -0.39 is 0 Å². The predicted octanol–water partition coefficient (Wildman–Crippen LogP) is 2.89. The Morgan fingerprint density at radius 1 is 1.05 bits per heavy atom. The Kier molecular flexibility index (Phi) is 2.89. The van der Waals surface area contributed by atoms with Crippen LogP contribution in [0, 0.1) is 0 Å². The maximum Gasteiger partial charge on any atom is 0.179 e. The zero-order chi connectivity index (χ0) is 13.2. The summed E-state index contributed by atoms with van der Waals surface area (Å²) in [6.45, 7) is 0. The average molecular weight is 273 g/mol. The van der Waals surface area contributed by atoms with Crippen molar-refractivity contribution in [3.8, 4) is 28.3 Å². The van der Waals surface area contributed by atoms with Crippen molar-refractivity contribution in [1.82, 2.24) is 20.6 Å². The summed E-state index contributed by atoms with van der Waals surface area (Å²) >= 11 is 5.96. The van der Waals surface area contributed by atoms with Gasteiger partial charge in [0.05, 0.1) is 0 Å². The van der Waals surface area contributed by atoms with Gasteiger partial charge < -0.3 is 5.11 Å². The van der Waals surface area contributed by atoms with Crippen molar-refractivity contribution in [3.63, 3.8) is 0 Å². The van der Waals surface area contributed by atoms with Crippen LogP contribution in [0.3, 0.4) is 0 Å². The molecule has 6 heteroatoms. The Balaban J connectivity index is 2.11. The van der Waals surface area contributed by atoms with Crippen LogP contribution in [0.5, 0.6) is 5.75 Å². The molecule has 3 aromatic rings. The number of benzene rings is 2. The van der Waals surface area contributed by atoms with Gasteiger partial charge in [0.1, 0.15) is 5.75 Å². The van der Waals surface area contributed by atoms with Gasteiger partial charge in [0.15, 0.2) is 5.82 Å². The minimum atomic E-state index is 0.178. The van der Waals surface area contributed by atoms with Crippen LogP contribution >= 0.6 is 11.6 Å². The molecule has 0 radical (unpaired) electrons. The first-order chi connectivity index (χ1) is 9.24. The average Bonchev–Trinajstić information content (AvgIpc) is 2.96. The normalized spacial score (nSPS) is 10.6. The molecule has 0 fully saturated rings. The summed E-state index contributed by atoms with van der Waals surface area (Å²) in [5.74, 6) is 0.751. The first-order valence-electron chi connectivity index (χ1n) is 5.57. The number of nitrogens with zero attached hydrogens (tertiary/aromatic N) is 3. The van der Waals surface area contributed by atoms with Crippen molar-refractivity contribution in [2.24, 2.45) is 0 Å². The Labute approximate surface area is 113 Å². The molecule has 0 aliphatic carbocycles. The molecule has 0 spiro atoms. The molecule has 3 rings (SSSR count). The topological polar surface area (TPSA) is 74.7 Å². The number of tetrazole rings is 1. The van der Waals surface area contributed by atoms with Gasteiger partial charge in [0.25, 0.3) is 0 Å².